The molecule has 3 aromatic carbocycles. The third-order valence-corrected chi connectivity index (χ3v) is 7.86. The molecule has 1 aliphatic rings. The number of rotatable bonds is 9. The molecule has 8 heteroatoms. The van der Waals surface area contributed by atoms with Gasteiger partial charge in [-0.25, -0.2) is 4.98 Å². The molecule has 1 N–H and O–H groups in total. The number of benzene rings is 3. The van der Waals surface area contributed by atoms with Crippen LogP contribution in [-0.2, 0) is 9.59 Å². The van der Waals surface area contributed by atoms with Gasteiger partial charge in [0.2, 0.25) is 0 Å². The van der Waals surface area contributed by atoms with Crippen LogP contribution < -0.4 is 14.4 Å². The minimum atomic E-state index is -0.911. The van der Waals surface area contributed by atoms with Gasteiger partial charge in [-0.3, -0.25) is 14.5 Å². The number of aliphatic hydroxyl groups excluding tert-OH is 1. The van der Waals surface area contributed by atoms with E-state index in [-0.39, 0.29) is 11.3 Å². The Balaban J connectivity index is 1.70. The first kappa shape index (κ1) is 27.4. The minimum absolute atomic E-state index is 0.00505. The zero-order valence-corrected chi connectivity index (χ0v) is 23.9. The van der Waals surface area contributed by atoms with Crippen molar-refractivity contribution in [2.45, 2.75) is 46.6 Å². The first-order chi connectivity index (χ1) is 19.3. The summed E-state index contributed by atoms with van der Waals surface area (Å²) in [5.74, 6) is -0.639. The number of anilines is 1. The van der Waals surface area contributed by atoms with Crippen LogP contribution in [-0.4, -0.2) is 35.0 Å². The molecular weight excluding hydrogens is 524 g/mol. The fraction of sp³-hybridized carbons (Fsp3) is 0.281. The highest BCUT2D eigenvalue weighted by molar-refractivity contribution is 7.22. The van der Waals surface area contributed by atoms with Gasteiger partial charge < -0.3 is 14.6 Å². The summed E-state index contributed by atoms with van der Waals surface area (Å²) in [6.07, 6.45) is 1.90. The average molecular weight is 557 g/mol. The lowest BCUT2D eigenvalue weighted by atomic mass is 9.95. The van der Waals surface area contributed by atoms with Crippen molar-refractivity contribution >= 4 is 44.1 Å². The summed E-state index contributed by atoms with van der Waals surface area (Å²) in [6, 6.07) is 17.3. The van der Waals surface area contributed by atoms with Crippen LogP contribution in [0.5, 0.6) is 11.5 Å². The Labute approximate surface area is 237 Å². The van der Waals surface area contributed by atoms with Crippen molar-refractivity contribution in [2.24, 2.45) is 0 Å². The predicted octanol–water partition coefficient (Wildman–Crippen LogP) is 7.12. The van der Waals surface area contributed by atoms with E-state index in [0.29, 0.717) is 41.0 Å². The Morgan fingerprint density at radius 2 is 1.77 bits per heavy atom. The number of thiazole rings is 1. The molecule has 0 saturated carbocycles. The summed E-state index contributed by atoms with van der Waals surface area (Å²) in [5.41, 5.74) is 3.92. The van der Waals surface area contributed by atoms with Crippen LogP contribution >= 0.6 is 11.3 Å². The zero-order chi connectivity index (χ0) is 28.4. The van der Waals surface area contributed by atoms with E-state index in [0.717, 1.165) is 34.2 Å². The van der Waals surface area contributed by atoms with Crippen molar-refractivity contribution in [3.8, 4) is 11.5 Å². The number of amides is 1. The Hall–Kier alpha value is -4.17. The number of aliphatic hydroxyl groups is 1. The van der Waals surface area contributed by atoms with Crippen LogP contribution in [0.1, 0.15) is 55.0 Å². The van der Waals surface area contributed by atoms with Crippen LogP contribution in [0.15, 0.2) is 66.2 Å². The molecule has 4 aromatic rings. The van der Waals surface area contributed by atoms with E-state index in [4.69, 9.17) is 14.5 Å². The van der Waals surface area contributed by atoms with Crippen molar-refractivity contribution in [2.75, 3.05) is 18.1 Å². The molecule has 1 unspecified atom stereocenters. The third-order valence-electron chi connectivity index (χ3n) is 6.86. The number of carbonyl (C=O) groups excluding carboxylic acids is 2. The van der Waals surface area contributed by atoms with E-state index >= 15 is 0 Å². The molecule has 1 atom stereocenters. The maximum Gasteiger partial charge on any atom is 0.301 e. The maximum atomic E-state index is 13.7. The number of hydrogen-bond acceptors (Lipinski definition) is 7. The third kappa shape index (κ3) is 5.07. The van der Waals surface area contributed by atoms with Crippen LogP contribution in [0, 0.1) is 13.8 Å². The summed E-state index contributed by atoms with van der Waals surface area (Å²) in [7, 11) is 0. The van der Waals surface area contributed by atoms with Gasteiger partial charge in [0, 0.05) is 5.56 Å². The molecule has 0 spiro atoms. The van der Waals surface area contributed by atoms with Crippen molar-refractivity contribution < 1.29 is 24.2 Å². The molecule has 40 heavy (non-hydrogen) atoms. The topological polar surface area (TPSA) is 89.0 Å². The van der Waals surface area contributed by atoms with Gasteiger partial charge in [0.15, 0.2) is 16.6 Å². The molecule has 1 fully saturated rings. The number of aromatic nitrogens is 1. The number of Topliss-reactive ketones (excluding diaryl/α,β-unsaturated/α-hetero) is 1. The second-order valence-electron chi connectivity index (χ2n) is 9.80. The van der Waals surface area contributed by atoms with Gasteiger partial charge >= 0.3 is 5.91 Å². The lowest BCUT2D eigenvalue weighted by Crippen LogP contribution is -2.29. The lowest BCUT2D eigenvalue weighted by Gasteiger charge is -2.24. The van der Waals surface area contributed by atoms with Crippen LogP contribution in [0.2, 0.25) is 0 Å². The van der Waals surface area contributed by atoms with Gasteiger partial charge in [-0.1, -0.05) is 67.1 Å². The first-order valence-electron chi connectivity index (χ1n) is 13.5. The molecule has 1 saturated heterocycles. The highest BCUT2D eigenvalue weighted by Crippen LogP contribution is 2.46. The van der Waals surface area contributed by atoms with E-state index in [1.807, 2.05) is 45.0 Å². The highest BCUT2D eigenvalue weighted by atomic mass is 32.1. The summed E-state index contributed by atoms with van der Waals surface area (Å²) >= 11 is 1.35. The number of ketones is 1. The Morgan fingerprint density at radius 3 is 2.50 bits per heavy atom. The van der Waals surface area contributed by atoms with Gasteiger partial charge in [0.25, 0.3) is 5.78 Å². The number of hydrogen-bond donors (Lipinski definition) is 1. The summed E-state index contributed by atoms with van der Waals surface area (Å²) in [5, 5.41) is 11.8. The molecule has 0 aliphatic carbocycles. The predicted molar refractivity (Wildman–Crippen MR) is 158 cm³/mol. The van der Waals surface area contributed by atoms with Gasteiger partial charge in [-0.2, -0.15) is 0 Å². The van der Waals surface area contributed by atoms with Gasteiger partial charge in [0.1, 0.15) is 5.76 Å². The molecule has 5 rings (SSSR count). The standard InChI is InChI=1S/C32H32N2O5S/c1-5-7-15-39-23-14-13-22(18-24(23)38-6-2)28-26(29(35)21-11-9-8-10-12-21)30(36)31(37)34(28)32-33-27-20(4)16-19(3)17-25(27)40-32/h8-14,16-18,28,35H,5-7,15H2,1-4H3. The summed E-state index contributed by atoms with van der Waals surface area (Å²) < 4.78 is 12.8. The largest absolute Gasteiger partial charge is 0.507 e. The fourth-order valence-corrected chi connectivity index (χ4v) is 6.14. The van der Waals surface area contributed by atoms with E-state index < -0.39 is 17.7 Å². The number of aryl methyl sites for hydroxylation is 2. The number of unbranched alkanes of at least 4 members (excludes halogenated alkanes) is 1. The highest BCUT2D eigenvalue weighted by Gasteiger charge is 2.48. The number of fused-ring (bicyclic) bond motifs is 1. The quantitative estimate of drug-likeness (QED) is 0.102. The second-order valence-corrected chi connectivity index (χ2v) is 10.8. The van der Waals surface area contributed by atoms with E-state index in [2.05, 4.69) is 6.92 Å². The lowest BCUT2D eigenvalue weighted by molar-refractivity contribution is -0.132. The Bertz CT molecular complexity index is 1610. The number of nitrogens with zero attached hydrogens (tertiary/aromatic N) is 2. The maximum absolute atomic E-state index is 13.7. The molecule has 0 bridgehead atoms. The minimum Gasteiger partial charge on any atom is -0.507 e. The molecule has 2 heterocycles. The van der Waals surface area contributed by atoms with Gasteiger partial charge in [-0.05, 0) is 62.1 Å². The Kier molecular flexibility index (Phi) is 7.89. The zero-order valence-electron chi connectivity index (χ0n) is 23.1. The molecule has 1 aliphatic heterocycles. The smallest absolute Gasteiger partial charge is 0.301 e. The SMILES string of the molecule is CCCCOc1ccc(C2C(=C(O)c3ccccc3)C(=O)C(=O)N2c2nc3c(C)cc(C)cc3s2)cc1OCC. The van der Waals surface area contributed by atoms with E-state index in [1.54, 1.807) is 36.4 Å². The number of carbonyl (C=O) groups is 2. The first-order valence-corrected chi connectivity index (χ1v) is 14.3. The second kappa shape index (κ2) is 11.5. The molecule has 0 radical (unpaired) electrons. The van der Waals surface area contributed by atoms with Crippen molar-refractivity contribution in [1.82, 2.24) is 4.98 Å². The Morgan fingerprint density at radius 1 is 1.00 bits per heavy atom. The van der Waals surface area contributed by atoms with Gasteiger partial charge in [-0.15, -0.1) is 0 Å². The molecule has 1 aromatic heterocycles. The summed E-state index contributed by atoms with van der Waals surface area (Å²) in [4.78, 5) is 33.4. The molecule has 206 valence electrons. The average Bonchev–Trinajstić information content (AvgIpc) is 3.48. The van der Waals surface area contributed by atoms with Gasteiger partial charge in [0.05, 0.1) is 35.0 Å². The fourth-order valence-electron chi connectivity index (χ4n) is 4.97. The van der Waals surface area contributed by atoms with Crippen molar-refractivity contribution in [3.63, 3.8) is 0 Å². The molecule has 1 amide bonds. The summed E-state index contributed by atoms with van der Waals surface area (Å²) in [6.45, 7) is 8.93. The molecule has 7 nitrogen and oxygen atoms in total. The normalized spacial score (nSPS) is 16.6. The monoisotopic (exact) mass is 556 g/mol. The van der Waals surface area contributed by atoms with Crippen LogP contribution in [0.4, 0.5) is 5.13 Å². The van der Waals surface area contributed by atoms with Crippen LogP contribution in [0.25, 0.3) is 16.0 Å². The van der Waals surface area contributed by atoms with Crippen LogP contribution in [0.3, 0.4) is 0 Å². The number of ether oxygens (including phenoxy) is 2. The molecular formula is C32H32N2O5S. The van der Waals surface area contributed by atoms with E-state index in [9.17, 15) is 14.7 Å². The van der Waals surface area contributed by atoms with Crippen molar-refractivity contribution in [1.29, 1.82) is 0 Å². The van der Waals surface area contributed by atoms with Crippen molar-refractivity contribution in [3.05, 3.63) is 88.5 Å². The van der Waals surface area contributed by atoms with E-state index in [1.165, 1.54) is 16.2 Å².